The van der Waals surface area contributed by atoms with E-state index in [4.69, 9.17) is 0 Å². The number of carbonyl (C=O) groups is 2. The quantitative estimate of drug-likeness (QED) is 0.692. The Bertz CT molecular complexity index is 1070. The fraction of sp³-hybridized carbons (Fsp3) is 0.318. The van der Waals surface area contributed by atoms with Gasteiger partial charge >= 0.3 is 0 Å². The third-order valence-electron chi connectivity index (χ3n) is 5.54. The van der Waals surface area contributed by atoms with E-state index in [0.29, 0.717) is 22.3 Å². The number of aromatic nitrogens is 2. The Hall–Kier alpha value is -3.15. The zero-order valence-electron chi connectivity index (χ0n) is 16.1. The summed E-state index contributed by atoms with van der Waals surface area (Å²) >= 11 is 0. The number of aromatic hydroxyl groups is 1. The molecule has 0 spiro atoms. The lowest BCUT2D eigenvalue weighted by Gasteiger charge is -2.31. The number of fused-ring (bicyclic) bond motifs is 1. The molecule has 3 heterocycles. The van der Waals surface area contributed by atoms with Gasteiger partial charge in [-0.15, -0.1) is 0 Å². The van der Waals surface area contributed by atoms with Gasteiger partial charge in [0.1, 0.15) is 0 Å². The number of pyridine rings is 1. The highest BCUT2D eigenvalue weighted by molar-refractivity contribution is 5.99. The molecule has 1 saturated heterocycles. The Morgan fingerprint density at radius 3 is 2.50 bits per heavy atom. The molecule has 144 valence electrons. The number of Topliss-reactive ketones (excluding diaryl/α,β-unsaturated/α-hetero) is 1. The predicted octanol–water partition coefficient (Wildman–Crippen LogP) is 3.32. The molecule has 1 amide bonds. The minimum absolute atomic E-state index is 0.0107. The van der Waals surface area contributed by atoms with E-state index in [1.807, 2.05) is 32.0 Å². The van der Waals surface area contributed by atoms with Crippen LogP contribution >= 0.6 is 0 Å². The van der Waals surface area contributed by atoms with Crippen LogP contribution in [0.25, 0.3) is 5.65 Å². The number of rotatable bonds is 5. The highest BCUT2D eigenvalue weighted by Gasteiger charge is 2.27. The Morgan fingerprint density at radius 2 is 1.86 bits per heavy atom. The van der Waals surface area contributed by atoms with E-state index in [1.165, 1.54) is 0 Å². The van der Waals surface area contributed by atoms with Crippen molar-refractivity contribution in [3.63, 3.8) is 0 Å². The van der Waals surface area contributed by atoms with Gasteiger partial charge in [0.2, 0.25) is 0 Å². The first-order valence-electron chi connectivity index (χ1n) is 9.55. The molecule has 1 N–H and O–H groups in total. The SMILES string of the molecule is Cc1nc2c(O)c(CCC(=O)c3ccccc3)c(C(=O)N3CCC3)cn2c1C. The number of hydrogen-bond acceptors (Lipinski definition) is 4. The van der Waals surface area contributed by atoms with Gasteiger partial charge in [-0.3, -0.25) is 9.59 Å². The minimum atomic E-state index is -0.101. The van der Waals surface area contributed by atoms with Crippen LogP contribution in [0.15, 0.2) is 36.5 Å². The normalized spacial score (nSPS) is 13.6. The molecule has 1 aliphatic heterocycles. The summed E-state index contributed by atoms with van der Waals surface area (Å²) < 4.78 is 1.76. The molecule has 0 aliphatic carbocycles. The van der Waals surface area contributed by atoms with Gasteiger partial charge in [0.05, 0.1) is 11.3 Å². The molecule has 3 aromatic rings. The summed E-state index contributed by atoms with van der Waals surface area (Å²) in [7, 11) is 0. The summed E-state index contributed by atoms with van der Waals surface area (Å²) in [6.45, 7) is 5.23. The molecular weight excluding hydrogens is 354 g/mol. The number of nitrogens with zero attached hydrogens (tertiary/aromatic N) is 3. The summed E-state index contributed by atoms with van der Waals surface area (Å²) in [5.41, 5.74) is 3.69. The minimum Gasteiger partial charge on any atom is -0.504 e. The van der Waals surface area contributed by atoms with Crippen molar-refractivity contribution in [2.45, 2.75) is 33.1 Å². The van der Waals surface area contributed by atoms with Crippen molar-refractivity contribution in [3.05, 3.63) is 64.6 Å². The molecule has 4 rings (SSSR count). The summed E-state index contributed by atoms with van der Waals surface area (Å²) in [6.07, 6.45) is 3.25. The highest BCUT2D eigenvalue weighted by Crippen LogP contribution is 2.31. The van der Waals surface area contributed by atoms with Gasteiger partial charge in [-0.2, -0.15) is 0 Å². The van der Waals surface area contributed by atoms with Crippen molar-refractivity contribution in [2.75, 3.05) is 13.1 Å². The van der Waals surface area contributed by atoms with E-state index in [1.54, 1.807) is 27.6 Å². The monoisotopic (exact) mass is 377 g/mol. The van der Waals surface area contributed by atoms with Crippen molar-refractivity contribution in [2.24, 2.45) is 0 Å². The second-order valence-corrected chi connectivity index (χ2v) is 7.28. The van der Waals surface area contributed by atoms with E-state index >= 15 is 0 Å². The molecule has 1 fully saturated rings. The van der Waals surface area contributed by atoms with Crippen LogP contribution < -0.4 is 0 Å². The summed E-state index contributed by atoms with van der Waals surface area (Å²) in [4.78, 5) is 31.7. The number of ketones is 1. The molecule has 28 heavy (non-hydrogen) atoms. The van der Waals surface area contributed by atoms with Gasteiger partial charge in [-0.25, -0.2) is 4.98 Å². The van der Waals surface area contributed by atoms with Crippen LogP contribution in [-0.2, 0) is 6.42 Å². The second kappa shape index (κ2) is 7.11. The summed E-state index contributed by atoms with van der Waals surface area (Å²) in [6, 6.07) is 9.07. The average Bonchev–Trinajstić information content (AvgIpc) is 2.94. The lowest BCUT2D eigenvalue weighted by Crippen LogP contribution is -2.42. The first-order chi connectivity index (χ1) is 13.5. The van der Waals surface area contributed by atoms with Crippen molar-refractivity contribution in [3.8, 4) is 5.75 Å². The van der Waals surface area contributed by atoms with Crippen LogP contribution in [0.4, 0.5) is 0 Å². The lowest BCUT2D eigenvalue weighted by atomic mass is 9.98. The van der Waals surface area contributed by atoms with Crippen LogP contribution in [-0.4, -0.2) is 44.2 Å². The van der Waals surface area contributed by atoms with Crippen molar-refractivity contribution >= 4 is 17.3 Å². The lowest BCUT2D eigenvalue weighted by molar-refractivity contribution is 0.0649. The van der Waals surface area contributed by atoms with Gasteiger partial charge in [0, 0.05) is 42.5 Å². The fourth-order valence-electron chi connectivity index (χ4n) is 3.56. The standard InChI is InChI=1S/C22H23N3O3/c1-14-15(2)25-13-18(22(28)24-11-6-12-24)17(20(27)21(25)23-14)9-10-19(26)16-7-4-3-5-8-16/h3-5,7-8,13,27H,6,9-12H2,1-2H3. The number of likely N-dealkylation sites (tertiary alicyclic amines) is 1. The van der Waals surface area contributed by atoms with E-state index < -0.39 is 0 Å². The van der Waals surface area contributed by atoms with Crippen LogP contribution in [0.3, 0.4) is 0 Å². The number of benzene rings is 1. The Labute approximate surface area is 163 Å². The number of aryl methyl sites for hydroxylation is 2. The zero-order valence-corrected chi connectivity index (χ0v) is 16.1. The first-order valence-corrected chi connectivity index (χ1v) is 9.55. The van der Waals surface area contributed by atoms with Crippen LogP contribution in [0.5, 0.6) is 5.75 Å². The van der Waals surface area contributed by atoms with Gasteiger partial charge in [0.15, 0.2) is 17.2 Å². The topological polar surface area (TPSA) is 74.9 Å². The van der Waals surface area contributed by atoms with Crippen molar-refractivity contribution < 1.29 is 14.7 Å². The van der Waals surface area contributed by atoms with Crippen LogP contribution in [0, 0.1) is 13.8 Å². The molecule has 0 radical (unpaired) electrons. The molecule has 2 aromatic heterocycles. The molecule has 0 bridgehead atoms. The Kier molecular flexibility index (Phi) is 4.63. The largest absolute Gasteiger partial charge is 0.504 e. The van der Waals surface area contributed by atoms with Crippen LogP contribution in [0.2, 0.25) is 0 Å². The summed E-state index contributed by atoms with van der Waals surface area (Å²) in [5.74, 6) is -0.127. The molecule has 6 nitrogen and oxygen atoms in total. The van der Waals surface area contributed by atoms with E-state index in [9.17, 15) is 14.7 Å². The molecule has 0 unspecified atom stereocenters. The summed E-state index contributed by atoms with van der Waals surface area (Å²) in [5, 5.41) is 10.9. The first kappa shape index (κ1) is 18.2. The molecule has 0 atom stereocenters. The third-order valence-corrected chi connectivity index (χ3v) is 5.54. The number of hydrogen-bond donors (Lipinski definition) is 1. The predicted molar refractivity (Wildman–Crippen MR) is 106 cm³/mol. The Balaban J connectivity index is 1.73. The smallest absolute Gasteiger partial charge is 0.255 e. The second-order valence-electron chi connectivity index (χ2n) is 7.28. The number of carbonyl (C=O) groups excluding carboxylic acids is 2. The van der Waals surface area contributed by atoms with Gasteiger partial charge in [-0.05, 0) is 26.7 Å². The van der Waals surface area contributed by atoms with Crippen molar-refractivity contribution in [1.29, 1.82) is 0 Å². The molecule has 0 saturated carbocycles. The Morgan fingerprint density at radius 1 is 1.14 bits per heavy atom. The number of imidazole rings is 1. The fourth-order valence-corrected chi connectivity index (χ4v) is 3.56. The molecule has 6 heteroatoms. The maximum Gasteiger partial charge on any atom is 0.255 e. The maximum absolute atomic E-state index is 13.0. The van der Waals surface area contributed by atoms with E-state index in [0.717, 1.165) is 30.9 Å². The maximum atomic E-state index is 13.0. The number of amides is 1. The molecule has 1 aliphatic rings. The third kappa shape index (κ3) is 3.05. The van der Waals surface area contributed by atoms with Crippen molar-refractivity contribution in [1.82, 2.24) is 14.3 Å². The molecular formula is C22H23N3O3. The van der Waals surface area contributed by atoms with E-state index in [2.05, 4.69) is 4.98 Å². The van der Waals surface area contributed by atoms with Gasteiger partial charge in [-0.1, -0.05) is 30.3 Å². The molecule has 1 aromatic carbocycles. The van der Waals surface area contributed by atoms with E-state index in [-0.39, 0.29) is 30.3 Å². The zero-order chi connectivity index (χ0) is 19.8. The average molecular weight is 377 g/mol. The highest BCUT2D eigenvalue weighted by atomic mass is 16.3. The van der Waals surface area contributed by atoms with Gasteiger partial charge in [0.25, 0.3) is 5.91 Å². The van der Waals surface area contributed by atoms with Gasteiger partial charge < -0.3 is 14.4 Å². The van der Waals surface area contributed by atoms with Crippen LogP contribution in [0.1, 0.15) is 50.5 Å².